The quantitative estimate of drug-likeness (QED) is 0.121. The molecule has 0 unspecified atom stereocenters. The summed E-state index contributed by atoms with van der Waals surface area (Å²) in [5, 5.41) is 7.66. The molecule has 8 aromatic carbocycles. The fourth-order valence-corrected chi connectivity index (χ4v) is 9.42. The lowest BCUT2D eigenvalue weighted by molar-refractivity contribution is 0.444. The predicted octanol–water partition coefficient (Wildman–Crippen LogP) is 16.4. The zero-order valence-electron chi connectivity index (χ0n) is 34.8. The summed E-state index contributed by atoms with van der Waals surface area (Å²) in [6.45, 7) is 8.93. The number of hydrogen-bond donors (Lipinski definition) is 0. The summed E-state index contributed by atoms with van der Waals surface area (Å²) >= 11 is 0. The third-order valence-electron chi connectivity index (χ3n) is 12.9. The third-order valence-corrected chi connectivity index (χ3v) is 12.9. The molecule has 1 fully saturated rings. The van der Waals surface area contributed by atoms with Gasteiger partial charge in [0.2, 0.25) is 0 Å². The Hall–Kier alpha value is -5.86. The molecule has 0 bridgehead atoms. The van der Waals surface area contributed by atoms with Gasteiger partial charge in [0, 0.05) is 33.5 Å². The second-order valence-electron chi connectivity index (χ2n) is 16.3. The normalized spacial score (nSPS) is 13.4. The fourth-order valence-electron chi connectivity index (χ4n) is 9.42. The van der Waals surface area contributed by atoms with Gasteiger partial charge < -0.3 is 9.80 Å². The summed E-state index contributed by atoms with van der Waals surface area (Å²) in [5.74, 6) is 0.600. The minimum absolute atomic E-state index is 0.600. The smallest absolute Gasteiger partial charge is 0.0546 e. The summed E-state index contributed by atoms with van der Waals surface area (Å²) in [6, 6.07) is 58.4. The molecule has 0 amide bonds. The first-order chi connectivity index (χ1) is 28.6. The number of aryl methyl sites for hydroxylation is 4. The lowest BCUT2D eigenvalue weighted by atomic mass is 9.83. The third kappa shape index (κ3) is 7.15. The Balaban J connectivity index is 1.36. The molecule has 1 saturated carbocycles. The molecule has 0 aromatic heterocycles. The van der Waals surface area contributed by atoms with E-state index in [1.165, 1.54) is 126 Å². The van der Waals surface area contributed by atoms with Crippen LogP contribution in [0.4, 0.5) is 34.1 Å². The molecular weight excluding hydrogens is 701 g/mol. The van der Waals surface area contributed by atoms with Gasteiger partial charge in [0.15, 0.2) is 0 Å². The first-order valence-corrected chi connectivity index (χ1v) is 21.9. The van der Waals surface area contributed by atoms with Crippen LogP contribution < -0.4 is 9.80 Å². The highest BCUT2D eigenvalue weighted by Crippen LogP contribution is 2.48. The minimum Gasteiger partial charge on any atom is -0.310 e. The molecule has 0 atom stereocenters. The highest BCUT2D eigenvalue weighted by Gasteiger charge is 2.24. The molecule has 0 spiro atoms. The van der Waals surface area contributed by atoms with Gasteiger partial charge in [0.05, 0.1) is 11.4 Å². The lowest BCUT2D eigenvalue weighted by Crippen LogP contribution is -2.12. The molecule has 1 aliphatic rings. The highest BCUT2D eigenvalue weighted by atomic mass is 15.1. The van der Waals surface area contributed by atoms with Gasteiger partial charge in [0.1, 0.15) is 0 Å². The van der Waals surface area contributed by atoms with Crippen LogP contribution in [0, 0.1) is 0 Å². The molecule has 1 aliphatic carbocycles. The number of hydrogen-bond acceptors (Lipinski definition) is 2. The summed E-state index contributed by atoms with van der Waals surface area (Å²) in [6.07, 6.45) is 10.6. The Morgan fingerprint density at radius 3 is 1.16 bits per heavy atom. The molecule has 2 nitrogen and oxygen atoms in total. The van der Waals surface area contributed by atoms with Gasteiger partial charge in [-0.1, -0.05) is 132 Å². The SMILES string of the molecule is CCc1ccc(N(c2ccc(CC)cc2)c2cc3c4ccc(C5CCCCC5)cc4c(N(c4ccc(CC)cc4)c4ccc(CC)cc4)cc3c3ccccc23)cc1. The van der Waals surface area contributed by atoms with Crippen LogP contribution in [0.15, 0.2) is 152 Å². The summed E-state index contributed by atoms with van der Waals surface area (Å²) in [5.41, 5.74) is 14.0. The van der Waals surface area contributed by atoms with Gasteiger partial charge in [-0.15, -0.1) is 0 Å². The van der Waals surface area contributed by atoms with E-state index in [0.717, 1.165) is 25.7 Å². The number of benzene rings is 8. The standard InChI is InChI=1S/C56H56N2/c1-5-39-18-27-45(28-19-39)57(46-29-20-40(6-2)21-30-46)55-37-53-50-35-26-44(43-14-10-9-11-15-43)36-54(50)56(38-52(53)49-16-12-13-17-51(49)55)58(47-31-22-41(7-3)23-32-47)48-33-24-42(8-4)25-34-48/h12-13,16-38,43H,5-11,14-15H2,1-4H3. The van der Waals surface area contributed by atoms with Crippen LogP contribution in [-0.2, 0) is 25.7 Å². The van der Waals surface area contributed by atoms with Crippen LogP contribution in [0.2, 0.25) is 0 Å². The molecule has 2 heteroatoms. The molecule has 9 rings (SSSR count). The molecule has 0 saturated heterocycles. The van der Waals surface area contributed by atoms with Gasteiger partial charge in [-0.25, -0.2) is 0 Å². The summed E-state index contributed by atoms with van der Waals surface area (Å²) < 4.78 is 0. The van der Waals surface area contributed by atoms with E-state index in [-0.39, 0.29) is 0 Å². The molecule has 290 valence electrons. The molecule has 58 heavy (non-hydrogen) atoms. The Morgan fingerprint density at radius 2 is 0.741 bits per heavy atom. The van der Waals surface area contributed by atoms with E-state index < -0.39 is 0 Å². The molecule has 0 N–H and O–H groups in total. The molecule has 0 radical (unpaired) electrons. The Bertz CT molecular complexity index is 2570. The van der Waals surface area contributed by atoms with E-state index in [1.807, 2.05) is 0 Å². The number of fused-ring (bicyclic) bond motifs is 5. The van der Waals surface area contributed by atoms with Crippen LogP contribution in [0.5, 0.6) is 0 Å². The lowest BCUT2D eigenvalue weighted by Gasteiger charge is -2.30. The highest BCUT2D eigenvalue weighted by molar-refractivity contribution is 6.24. The van der Waals surface area contributed by atoms with E-state index in [4.69, 9.17) is 0 Å². The Morgan fingerprint density at radius 1 is 0.362 bits per heavy atom. The average molecular weight is 757 g/mol. The monoisotopic (exact) mass is 756 g/mol. The maximum absolute atomic E-state index is 2.56. The summed E-state index contributed by atoms with van der Waals surface area (Å²) in [4.78, 5) is 5.00. The van der Waals surface area contributed by atoms with Crippen molar-refractivity contribution in [1.82, 2.24) is 0 Å². The number of anilines is 6. The van der Waals surface area contributed by atoms with E-state index in [9.17, 15) is 0 Å². The van der Waals surface area contributed by atoms with Crippen LogP contribution in [0.3, 0.4) is 0 Å². The van der Waals surface area contributed by atoms with Crippen molar-refractivity contribution in [2.24, 2.45) is 0 Å². The first kappa shape index (κ1) is 37.7. The molecular formula is C56H56N2. The molecule has 0 aliphatic heterocycles. The number of nitrogens with zero attached hydrogens (tertiary/aromatic N) is 2. The second-order valence-corrected chi connectivity index (χ2v) is 16.3. The van der Waals surface area contributed by atoms with Gasteiger partial charge in [-0.3, -0.25) is 0 Å². The van der Waals surface area contributed by atoms with Crippen molar-refractivity contribution in [2.45, 2.75) is 91.4 Å². The van der Waals surface area contributed by atoms with Crippen LogP contribution in [0.25, 0.3) is 32.3 Å². The zero-order chi connectivity index (χ0) is 39.6. The van der Waals surface area contributed by atoms with E-state index in [1.54, 1.807) is 0 Å². The predicted molar refractivity (Wildman–Crippen MR) is 252 cm³/mol. The maximum Gasteiger partial charge on any atom is 0.0546 e. The van der Waals surface area contributed by atoms with E-state index >= 15 is 0 Å². The van der Waals surface area contributed by atoms with Crippen molar-refractivity contribution >= 4 is 66.4 Å². The van der Waals surface area contributed by atoms with Crippen molar-refractivity contribution in [3.05, 3.63) is 179 Å². The maximum atomic E-state index is 2.56. The van der Waals surface area contributed by atoms with Crippen molar-refractivity contribution < 1.29 is 0 Å². The van der Waals surface area contributed by atoms with Gasteiger partial charge in [-0.05, 0) is 161 Å². The fraction of sp³-hybridized carbons (Fsp3) is 0.250. The van der Waals surface area contributed by atoms with Crippen molar-refractivity contribution in [3.8, 4) is 0 Å². The zero-order valence-corrected chi connectivity index (χ0v) is 34.8. The van der Waals surface area contributed by atoms with Crippen molar-refractivity contribution in [2.75, 3.05) is 9.80 Å². The van der Waals surface area contributed by atoms with Crippen LogP contribution >= 0.6 is 0 Å². The minimum atomic E-state index is 0.600. The topological polar surface area (TPSA) is 6.48 Å². The van der Waals surface area contributed by atoms with E-state index in [2.05, 4.69) is 189 Å². The Labute approximate surface area is 345 Å². The summed E-state index contributed by atoms with van der Waals surface area (Å²) in [7, 11) is 0. The first-order valence-electron chi connectivity index (χ1n) is 21.9. The Kier molecular flexibility index (Phi) is 10.8. The average Bonchev–Trinajstić information content (AvgIpc) is 3.30. The largest absolute Gasteiger partial charge is 0.310 e. The van der Waals surface area contributed by atoms with Gasteiger partial charge >= 0.3 is 0 Å². The van der Waals surface area contributed by atoms with Crippen LogP contribution in [-0.4, -0.2) is 0 Å². The number of rotatable bonds is 11. The molecule has 8 aromatic rings. The van der Waals surface area contributed by atoms with Crippen molar-refractivity contribution in [1.29, 1.82) is 0 Å². The van der Waals surface area contributed by atoms with Gasteiger partial charge in [0.25, 0.3) is 0 Å². The van der Waals surface area contributed by atoms with Gasteiger partial charge in [-0.2, -0.15) is 0 Å². The van der Waals surface area contributed by atoms with Crippen molar-refractivity contribution in [3.63, 3.8) is 0 Å². The van der Waals surface area contributed by atoms with Crippen LogP contribution in [0.1, 0.15) is 93.5 Å². The van der Waals surface area contributed by atoms with E-state index in [0.29, 0.717) is 5.92 Å². The molecule has 0 heterocycles. The second kappa shape index (κ2) is 16.5.